The van der Waals surface area contributed by atoms with Crippen molar-refractivity contribution in [2.75, 3.05) is 5.88 Å². The van der Waals surface area contributed by atoms with E-state index in [9.17, 15) is 4.79 Å². The van der Waals surface area contributed by atoms with Gasteiger partial charge in [0.1, 0.15) is 0 Å². The van der Waals surface area contributed by atoms with Crippen molar-refractivity contribution in [1.82, 2.24) is 5.32 Å². The van der Waals surface area contributed by atoms with E-state index in [4.69, 9.17) is 46.0 Å². The van der Waals surface area contributed by atoms with Crippen LogP contribution in [0.25, 0.3) is 0 Å². The summed E-state index contributed by atoms with van der Waals surface area (Å²) in [7, 11) is 0. The number of hydrogen-bond donors (Lipinski definition) is 1. The van der Waals surface area contributed by atoms with Gasteiger partial charge in [0, 0.05) is 0 Å². The van der Waals surface area contributed by atoms with Crippen LogP contribution in [0.4, 0.5) is 0 Å². The molecule has 3 rings (SSSR count). The number of benzene rings is 3. The number of halogens is 4. The van der Waals surface area contributed by atoms with E-state index in [0.29, 0.717) is 0 Å². The zero-order valence-corrected chi connectivity index (χ0v) is 19.2. The molecule has 0 radical (unpaired) electrons. The summed E-state index contributed by atoms with van der Waals surface area (Å²) in [5.41, 5.74) is 0.246. The Kier molecular flexibility index (Phi) is 6.94. The molecule has 0 unspecified atom stereocenters. The number of carbonyl (C=O) groups is 1. The van der Waals surface area contributed by atoms with Gasteiger partial charge in [0.25, 0.3) is 0 Å². The molecule has 29 heavy (non-hydrogen) atoms. The van der Waals surface area contributed by atoms with Gasteiger partial charge in [-0.25, -0.2) is 0 Å². The summed E-state index contributed by atoms with van der Waals surface area (Å²) in [4.78, 5) is 12.4. The van der Waals surface area contributed by atoms with Crippen LogP contribution < -0.4 is 21.2 Å². The molecule has 3 aromatic carbocycles. The van der Waals surface area contributed by atoms with Crippen LogP contribution in [-0.4, -0.2) is 11.8 Å². The normalized spacial score (nSPS) is 12.5. The summed E-state index contributed by atoms with van der Waals surface area (Å²) in [5, 5.41) is 5.19. The molecule has 3 aromatic rings. The Morgan fingerprint density at radius 1 is 0.724 bits per heavy atom. The second-order valence-corrected chi connectivity index (χ2v) is 13.6. The van der Waals surface area contributed by atoms with Crippen molar-refractivity contribution < 1.29 is 4.79 Å². The van der Waals surface area contributed by atoms with Crippen molar-refractivity contribution >= 4 is 73.8 Å². The van der Waals surface area contributed by atoms with Gasteiger partial charge in [-0.1, -0.05) is 0 Å². The van der Waals surface area contributed by atoms with E-state index in [1.165, 1.54) is 0 Å². The van der Waals surface area contributed by atoms with Gasteiger partial charge in [0.2, 0.25) is 0 Å². The first kappa shape index (κ1) is 22.2. The summed E-state index contributed by atoms with van der Waals surface area (Å²) < 4.78 is -0.118. The topological polar surface area (TPSA) is 29.1 Å². The number of hydrogen-bond acceptors (Lipinski definition) is 1. The van der Waals surface area contributed by atoms with Crippen LogP contribution >= 0.6 is 52.0 Å². The molecule has 0 heterocycles. The van der Waals surface area contributed by atoms with Gasteiger partial charge in [-0.3, -0.25) is 0 Å². The number of nitrogens with one attached hydrogen (secondary N) is 1. The van der Waals surface area contributed by atoms with Crippen molar-refractivity contribution in [2.45, 2.75) is 0 Å². The van der Waals surface area contributed by atoms with Gasteiger partial charge >= 0.3 is 191 Å². The fraction of sp³-hybridized carbons (Fsp3) is 0.0455. The molecule has 0 aromatic heterocycles. The molecule has 2 nitrogen and oxygen atoms in total. The van der Waals surface area contributed by atoms with Crippen LogP contribution in [0, 0.1) is 0 Å². The van der Waals surface area contributed by atoms with Crippen molar-refractivity contribution in [3.05, 3.63) is 101 Å². The Balaban J connectivity index is 2.55. The fourth-order valence-corrected chi connectivity index (χ4v) is 10.8. The molecular weight excluding hydrogens is 467 g/mol. The summed E-state index contributed by atoms with van der Waals surface area (Å²) in [6.45, 7) is 0. The molecule has 150 valence electrons. The summed E-state index contributed by atoms with van der Waals surface area (Å²) in [5.74, 6) is -4.72. The number of alkyl halides is 1. The van der Waals surface area contributed by atoms with Crippen molar-refractivity contribution in [1.29, 1.82) is 0 Å². The minimum atomic E-state index is -4.02. The quantitative estimate of drug-likeness (QED) is 0.356. The Morgan fingerprint density at radius 2 is 1.07 bits per heavy atom. The maximum absolute atomic E-state index is 12.4. The van der Waals surface area contributed by atoms with Crippen molar-refractivity contribution in [3.8, 4) is 0 Å². The second-order valence-electron chi connectivity index (χ2n) is 6.31. The third kappa shape index (κ3) is 3.81. The van der Waals surface area contributed by atoms with Crippen LogP contribution in [0.3, 0.4) is 0 Å². The van der Waals surface area contributed by atoms with Crippen molar-refractivity contribution in [3.63, 3.8) is 0 Å². The molecule has 1 amide bonds. The molecule has 0 atom stereocenters. The molecule has 0 saturated heterocycles. The molecule has 1 N–H and O–H groups in total. The average Bonchev–Trinajstić information content (AvgIpc) is 2.78. The first-order valence-corrected chi connectivity index (χ1v) is 13.2. The van der Waals surface area contributed by atoms with Crippen LogP contribution in [-0.2, 0) is 4.79 Å². The van der Waals surface area contributed by atoms with Gasteiger partial charge in [0.05, 0.1) is 0 Å². The zero-order chi connectivity index (χ0) is 20.9. The van der Waals surface area contributed by atoms with Gasteiger partial charge in [0.15, 0.2) is 0 Å². The summed E-state index contributed by atoms with van der Waals surface area (Å²) >= 11 is 26.5. The Morgan fingerprint density at radius 3 is 1.34 bits per heavy atom. The minimum absolute atomic E-state index is 0.118. The third-order valence-corrected chi connectivity index (χ3v) is 12.8. The molecule has 0 aliphatic carbocycles. The maximum atomic E-state index is 12.4. The molecular formula is C22H18Cl4NOP. The van der Waals surface area contributed by atoms with Gasteiger partial charge in [-0.2, -0.15) is 0 Å². The standard InChI is InChI=1S/C22H18Cl4NOP/c23-16-20(28)27-22(21(24)25)29(26,17-10-4-1-5-11-17,18-12-6-2-7-13-18)19-14-8-3-9-15-19/h1-15H,16H2,(H,27,28). The van der Waals surface area contributed by atoms with Crippen molar-refractivity contribution in [2.24, 2.45) is 0 Å². The molecule has 7 heteroatoms. The Labute approximate surface area is 190 Å². The average molecular weight is 485 g/mol. The predicted octanol–water partition coefficient (Wildman–Crippen LogP) is 5.63. The first-order valence-electron chi connectivity index (χ1n) is 8.75. The summed E-state index contributed by atoms with van der Waals surface area (Å²) in [6, 6.07) is 28.6. The monoisotopic (exact) mass is 483 g/mol. The molecule has 0 aliphatic rings. The van der Waals surface area contributed by atoms with E-state index < -0.39 is 11.9 Å². The number of carbonyl (C=O) groups excluding carboxylic acids is 1. The Hall–Kier alpha value is -1.54. The van der Waals surface area contributed by atoms with E-state index in [1.54, 1.807) is 0 Å². The van der Waals surface area contributed by atoms with Crippen LogP contribution in [0.5, 0.6) is 0 Å². The van der Waals surface area contributed by atoms with Gasteiger partial charge in [-0.15, -0.1) is 0 Å². The third-order valence-electron chi connectivity index (χ3n) is 4.70. The van der Waals surface area contributed by atoms with E-state index in [-0.39, 0.29) is 15.8 Å². The fourth-order valence-electron chi connectivity index (χ4n) is 3.43. The van der Waals surface area contributed by atoms with E-state index >= 15 is 0 Å². The van der Waals surface area contributed by atoms with E-state index in [2.05, 4.69) is 5.32 Å². The molecule has 0 fully saturated rings. The predicted molar refractivity (Wildman–Crippen MR) is 129 cm³/mol. The first-order chi connectivity index (χ1) is 13.9. The Bertz CT molecular complexity index is 923. The van der Waals surface area contributed by atoms with Gasteiger partial charge in [-0.05, 0) is 0 Å². The van der Waals surface area contributed by atoms with Crippen LogP contribution in [0.2, 0.25) is 0 Å². The molecule has 0 saturated carbocycles. The van der Waals surface area contributed by atoms with E-state index in [0.717, 1.165) is 15.9 Å². The summed E-state index contributed by atoms with van der Waals surface area (Å²) in [6.07, 6.45) is 0. The molecule has 0 spiro atoms. The molecule has 0 aliphatic heterocycles. The molecule has 0 bridgehead atoms. The zero-order valence-electron chi connectivity index (χ0n) is 15.2. The number of rotatable bonds is 6. The van der Waals surface area contributed by atoms with Crippen LogP contribution in [0.1, 0.15) is 0 Å². The van der Waals surface area contributed by atoms with Crippen LogP contribution in [0.15, 0.2) is 101 Å². The van der Waals surface area contributed by atoms with Gasteiger partial charge < -0.3 is 0 Å². The number of amides is 1. The SMILES string of the molecule is O=C(CCl)NC(=C(Cl)Cl)P(Cl)(c1ccccc1)(c1ccccc1)c1ccccc1. The van der Waals surface area contributed by atoms with E-state index in [1.807, 2.05) is 91.0 Å². The second kappa shape index (κ2) is 9.08.